The molecule has 0 radical (unpaired) electrons. The van der Waals surface area contributed by atoms with E-state index in [4.69, 9.17) is 5.73 Å². The molecule has 4 nitrogen and oxygen atoms in total. The van der Waals surface area contributed by atoms with E-state index in [0.29, 0.717) is 6.42 Å². The fourth-order valence-corrected chi connectivity index (χ4v) is 2.26. The lowest BCUT2D eigenvalue weighted by Gasteiger charge is -2.02. The van der Waals surface area contributed by atoms with Crippen molar-refractivity contribution < 1.29 is 4.79 Å². The van der Waals surface area contributed by atoms with E-state index < -0.39 is 11.5 Å². The Morgan fingerprint density at radius 1 is 1.24 bits per heavy atom. The fourth-order valence-electron chi connectivity index (χ4n) is 2.26. The fraction of sp³-hybridized carbons (Fsp3) is 0.0769. The summed E-state index contributed by atoms with van der Waals surface area (Å²) in [4.78, 5) is 25.5. The topological polar surface area (TPSA) is 76.0 Å². The number of aromatic amines is 1. The van der Waals surface area contributed by atoms with E-state index in [2.05, 4.69) is 4.98 Å². The van der Waals surface area contributed by atoms with E-state index in [9.17, 15) is 9.59 Å². The van der Waals surface area contributed by atoms with Crippen molar-refractivity contribution in [1.82, 2.24) is 4.98 Å². The van der Waals surface area contributed by atoms with Crippen molar-refractivity contribution in [2.75, 3.05) is 0 Å². The van der Waals surface area contributed by atoms with Crippen molar-refractivity contribution in [2.45, 2.75) is 6.42 Å². The second-order valence-electron chi connectivity index (χ2n) is 4.10. The van der Waals surface area contributed by atoms with Crippen LogP contribution in [0.15, 0.2) is 35.1 Å². The molecule has 0 spiro atoms. The molecule has 1 aromatic carbocycles. The molecule has 0 bridgehead atoms. The standard InChI is InChI=1S/C13H10N2O2/c14-12(16)10-6-9-8-4-2-1-3-7(8)5-11(9)15-13(10)17/h1-4,6H,5H2,(H2,14,16)(H,15,17). The number of hydrogen-bond donors (Lipinski definition) is 2. The smallest absolute Gasteiger partial charge is 0.261 e. The van der Waals surface area contributed by atoms with Crippen LogP contribution in [0.4, 0.5) is 0 Å². The van der Waals surface area contributed by atoms with E-state index >= 15 is 0 Å². The van der Waals surface area contributed by atoms with Crippen LogP contribution >= 0.6 is 0 Å². The van der Waals surface area contributed by atoms with Crippen LogP contribution < -0.4 is 11.3 Å². The number of carbonyl (C=O) groups excluding carboxylic acids is 1. The Bertz CT molecular complexity index is 686. The molecule has 1 aromatic heterocycles. The summed E-state index contributed by atoms with van der Waals surface area (Å²) < 4.78 is 0. The quantitative estimate of drug-likeness (QED) is 0.650. The number of nitrogens with one attached hydrogen (secondary N) is 1. The van der Waals surface area contributed by atoms with Gasteiger partial charge in [0.1, 0.15) is 5.56 Å². The zero-order chi connectivity index (χ0) is 12.0. The highest BCUT2D eigenvalue weighted by Gasteiger charge is 2.21. The molecule has 1 aliphatic rings. The van der Waals surface area contributed by atoms with Crippen molar-refractivity contribution in [1.29, 1.82) is 0 Å². The zero-order valence-corrected chi connectivity index (χ0v) is 8.99. The van der Waals surface area contributed by atoms with E-state index in [0.717, 1.165) is 22.4 Å². The molecule has 3 rings (SSSR count). The van der Waals surface area contributed by atoms with Crippen LogP contribution in [0.3, 0.4) is 0 Å². The molecular formula is C13H10N2O2. The number of carbonyl (C=O) groups is 1. The number of rotatable bonds is 1. The second-order valence-corrected chi connectivity index (χ2v) is 4.10. The van der Waals surface area contributed by atoms with Gasteiger partial charge in [-0.05, 0) is 17.2 Å². The Morgan fingerprint density at radius 2 is 2.00 bits per heavy atom. The van der Waals surface area contributed by atoms with Gasteiger partial charge in [-0.15, -0.1) is 0 Å². The maximum atomic E-state index is 11.6. The van der Waals surface area contributed by atoms with Crippen LogP contribution in [0.2, 0.25) is 0 Å². The van der Waals surface area contributed by atoms with Gasteiger partial charge in [0.25, 0.3) is 11.5 Å². The van der Waals surface area contributed by atoms with Crippen LogP contribution in [0.1, 0.15) is 21.6 Å². The minimum atomic E-state index is -0.696. The molecule has 17 heavy (non-hydrogen) atoms. The monoisotopic (exact) mass is 226 g/mol. The number of primary amides is 1. The molecule has 1 heterocycles. The third kappa shape index (κ3) is 1.38. The highest BCUT2D eigenvalue weighted by atomic mass is 16.2. The first kappa shape index (κ1) is 9.84. The van der Waals surface area contributed by atoms with Crippen molar-refractivity contribution >= 4 is 5.91 Å². The lowest BCUT2D eigenvalue weighted by Crippen LogP contribution is -2.24. The first-order chi connectivity index (χ1) is 8.16. The minimum absolute atomic E-state index is 0.0143. The van der Waals surface area contributed by atoms with Gasteiger partial charge in [0.05, 0.1) is 0 Å². The molecule has 3 N–H and O–H groups in total. The van der Waals surface area contributed by atoms with Gasteiger partial charge in [0.2, 0.25) is 0 Å². The van der Waals surface area contributed by atoms with Crippen LogP contribution in [-0.2, 0) is 6.42 Å². The number of nitrogens with two attached hydrogens (primary N) is 1. The number of pyridine rings is 1. The molecule has 1 aliphatic carbocycles. The van der Waals surface area contributed by atoms with Crippen LogP contribution in [0.25, 0.3) is 11.1 Å². The summed E-state index contributed by atoms with van der Waals surface area (Å²) >= 11 is 0. The molecule has 0 unspecified atom stereocenters. The lowest BCUT2D eigenvalue weighted by molar-refractivity contribution is 0.0999. The SMILES string of the molecule is NC(=O)c1cc2c([nH]c1=O)Cc1ccccc1-2. The van der Waals surface area contributed by atoms with Crippen molar-refractivity contribution in [2.24, 2.45) is 5.73 Å². The normalized spacial score (nSPS) is 12.0. The van der Waals surface area contributed by atoms with E-state index in [-0.39, 0.29) is 5.56 Å². The summed E-state index contributed by atoms with van der Waals surface area (Å²) in [7, 11) is 0. The number of H-pyrrole nitrogens is 1. The molecule has 4 heteroatoms. The van der Waals surface area contributed by atoms with Crippen LogP contribution in [-0.4, -0.2) is 10.9 Å². The molecule has 0 fully saturated rings. The Hall–Kier alpha value is -2.36. The van der Waals surface area contributed by atoms with Gasteiger partial charge in [0, 0.05) is 17.7 Å². The number of aromatic nitrogens is 1. The highest BCUT2D eigenvalue weighted by Crippen LogP contribution is 2.34. The Kier molecular flexibility index (Phi) is 1.92. The number of fused-ring (bicyclic) bond motifs is 3. The molecular weight excluding hydrogens is 216 g/mol. The summed E-state index contributed by atoms with van der Waals surface area (Å²) in [5.41, 5.74) is 8.73. The maximum absolute atomic E-state index is 11.6. The molecule has 0 saturated heterocycles. The van der Waals surface area contributed by atoms with Crippen LogP contribution in [0.5, 0.6) is 0 Å². The van der Waals surface area contributed by atoms with Crippen LogP contribution in [0, 0.1) is 0 Å². The van der Waals surface area contributed by atoms with Gasteiger partial charge in [0.15, 0.2) is 0 Å². The summed E-state index contributed by atoms with van der Waals surface area (Å²) in [5.74, 6) is -0.696. The van der Waals surface area contributed by atoms with Crippen molar-refractivity contribution in [3.05, 3.63) is 57.5 Å². The number of amides is 1. The third-order valence-corrected chi connectivity index (χ3v) is 3.06. The molecule has 84 valence electrons. The van der Waals surface area contributed by atoms with Gasteiger partial charge >= 0.3 is 0 Å². The van der Waals surface area contributed by atoms with Gasteiger partial charge in [-0.25, -0.2) is 0 Å². The number of benzene rings is 1. The first-order valence-electron chi connectivity index (χ1n) is 5.31. The maximum Gasteiger partial charge on any atom is 0.261 e. The van der Waals surface area contributed by atoms with Crippen molar-refractivity contribution in [3.63, 3.8) is 0 Å². The van der Waals surface area contributed by atoms with Gasteiger partial charge < -0.3 is 10.7 Å². The summed E-state index contributed by atoms with van der Waals surface area (Å²) in [6.07, 6.45) is 0.694. The minimum Gasteiger partial charge on any atom is -0.365 e. The predicted molar refractivity (Wildman–Crippen MR) is 63.8 cm³/mol. The van der Waals surface area contributed by atoms with E-state index in [1.807, 2.05) is 24.3 Å². The van der Waals surface area contributed by atoms with Gasteiger partial charge in [-0.2, -0.15) is 0 Å². The largest absolute Gasteiger partial charge is 0.365 e. The Balaban J connectivity index is 2.30. The highest BCUT2D eigenvalue weighted by molar-refractivity contribution is 5.94. The molecule has 2 aromatic rings. The molecule has 0 atom stereocenters. The molecule has 0 aliphatic heterocycles. The first-order valence-corrected chi connectivity index (χ1v) is 5.31. The molecule has 1 amide bonds. The van der Waals surface area contributed by atoms with E-state index in [1.54, 1.807) is 6.07 Å². The Morgan fingerprint density at radius 3 is 2.76 bits per heavy atom. The van der Waals surface area contributed by atoms with Crippen molar-refractivity contribution in [3.8, 4) is 11.1 Å². The van der Waals surface area contributed by atoms with Gasteiger partial charge in [-0.3, -0.25) is 9.59 Å². The average Bonchev–Trinajstić information content (AvgIpc) is 2.64. The third-order valence-electron chi connectivity index (χ3n) is 3.06. The Labute approximate surface area is 97.1 Å². The second kappa shape index (κ2) is 3.31. The summed E-state index contributed by atoms with van der Waals surface area (Å²) in [5, 5.41) is 0. The summed E-state index contributed by atoms with van der Waals surface area (Å²) in [6, 6.07) is 9.46. The number of hydrogen-bond acceptors (Lipinski definition) is 2. The molecule has 0 saturated carbocycles. The van der Waals surface area contributed by atoms with E-state index in [1.165, 1.54) is 0 Å². The predicted octanol–water partition coefficient (Wildman–Crippen LogP) is 1.04. The average molecular weight is 226 g/mol. The zero-order valence-electron chi connectivity index (χ0n) is 8.99. The van der Waals surface area contributed by atoms with Gasteiger partial charge in [-0.1, -0.05) is 24.3 Å². The lowest BCUT2D eigenvalue weighted by atomic mass is 10.1. The summed E-state index contributed by atoms with van der Waals surface area (Å²) in [6.45, 7) is 0.